The highest BCUT2D eigenvalue weighted by Crippen LogP contribution is 2.32. The first-order valence-corrected chi connectivity index (χ1v) is 9.11. The van der Waals surface area contributed by atoms with Crippen molar-refractivity contribution in [3.05, 3.63) is 53.6 Å². The van der Waals surface area contributed by atoms with E-state index in [-0.39, 0.29) is 24.0 Å². The van der Waals surface area contributed by atoms with Gasteiger partial charge < -0.3 is 20.5 Å². The molecule has 3 rings (SSSR count). The lowest BCUT2D eigenvalue weighted by molar-refractivity contribution is 0.200. The number of nitrogens with two attached hydrogens (primary N) is 1. The Hall–Kier alpha value is -1.96. The number of benzene rings is 2. The van der Waals surface area contributed by atoms with E-state index in [0.717, 1.165) is 35.6 Å². The number of anilines is 1. The van der Waals surface area contributed by atoms with E-state index in [1.165, 1.54) is 18.4 Å². The molecule has 0 spiro atoms. The highest BCUT2D eigenvalue weighted by molar-refractivity contribution is 14.0. The Labute approximate surface area is 178 Å². The summed E-state index contributed by atoms with van der Waals surface area (Å²) in [6.45, 7) is 2.53. The lowest BCUT2D eigenvalue weighted by Gasteiger charge is -2.16. The topological polar surface area (TPSA) is 68.9 Å². The van der Waals surface area contributed by atoms with Crippen LogP contribution in [0.5, 0.6) is 11.5 Å². The van der Waals surface area contributed by atoms with Crippen molar-refractivity contribution in [1.82, 2.24) is 0 Å². The number of hydrogen-bond donors (Lipinski definition) is 2. The third-order valence-electron chi connectivity index (χ3n) is 4.58. The zero-order chi connectivity index (χ0) is 18.4. The second kappa shape index (κ2) is 10.4. The fourth-order valence-electron chi connectivity index (χ4n) is 3.09. The summed E-state index contributed by atoms with van der Waals surface area (Å²) in [6.07, 6.45) is 5.04. The minimum atomic E-state index is 0. The Morgan fingerprint density at radius 3 is 2.48 bits per heavy atom. The summed E-state index contributed by atoms with van der Waals surface area (Å²) < 4.78 is 11.6. The quantitative estimate of drug-likeness (QED) is 0.351. The predicted octanol–water partition coefficient (Wildman–Crippen LogP) is 4.87. The van der Waals surface area contributed by atoms with Gasteiger partial charge in [-0.15, -0.1) is 24.0 Å². The van der Waals surface area contributed by atoms with Crippen LogP contribution >= 0.6 is 24.0 Å². The van der Waals surface area contributed by atoms with Crippen LogP contribution in [0.3, 0.4) is 0 Å². The van der Waals surface area contributed by atoms with Gasteiger partial charge in [-0.2, -0.15) is 0 Å². The molecule has 0 amide bonds. The molecule has 1 fully saturated rings. The zero-order valence-electron chi connectivity index (χ0n) is 15.9. The maximum atomic E-state index is 6.07. The molecule has 0 heterocycles. The molecule has 1 saturated carbocycles. The molecule has 2 aromatic rings. The van der Waals surface area contributed by atoms with Crippen molar-refractivity contribution in [3.63, 3.8) is 0 Å². The van der Waals surface area contributed by atoms with Crippen molar-refractivity contribution in [2.24, 2.45) is 10.7 Å². The van der Waals surface area contributed by atoms with Gasteiger partial charge in [0, 0.05) is 5.69 Å². The Kier molecular flexibility index (Phi) is 8.22. The van der Waals surface area contributed by atoms with Gasteiger partial charge in [-0.25, -0.2) is 4.99 Å². The molecule has 0 radical (unpaired) electrons. The summed E-state index contributed by atoms with van der Waals surface area (Å²) in [6, 6.07) is 14.0. The SMILES string of the molecule is COc1cc(CN=C(N)Nc2ccc(C)cc2)ccc1OC1CCCC1.I. The number of ether oxygens (including phenoxy) is 2. The Balaban J connectivity index is 0.00000261. The highest BCUT2D eigenvalue weighted by Gasteiger charge is 2.18. The summed E-state index contributed by atoms with van der Waals surface area (Å²) in [5.74, 6) is 1.94. The van der Waals surface area contributed by atoms with E-state index in [0.29, 0.717) is 18.6 Å². The van der Waals surface area contributed by atoms with E-state index in [2.05, 4.69) is 17.2 Å². The van der Waals surface area contributed by atoms with Crippen molar-refractivity contribution in [2.45, 2.75) is 45.3 Å². The number of nitrogens with one attached hydrogen (secondary N) is 1. The van der Waals surface area contributed by atoms with Crippen molar-refractivity contribution in [3.8, 4) is 11.5 Å². The number of rotatable bonds is 6. The van der Waals surface area contributed by atoms with Crippen LogP contribution in [-0.2, 0) is 6.54 Å². The maximum absolute atomic E-state index is 6.07. The smallest absolute Gasteiger partial charge is 0.193 e. The predicted molar refractivity (Wildman–Crippen MR) is 121 cm³/mol. The minimum Gasteiger partial charge on any atom is -0.493 e. The van der Waals surface area contributed by atoms with Gasteiger partial charge in [0.05, 0.1) is 19.8 Å². The lowest BCUT2D eigenvalue weighted by Crippen LogP contribution is -2.22. The normalized spacial score (nSPS) is 14.5. The molecule has 27 heavy (non-hydrogen) atoms. The fraction of sp³-hybridized carbons (Fsp3) is 0.381. The van der Waals surface area contributed by atoms with Crippen molar-refractivity contribution in [1.29, 1.82) is 0 Å². The number of guanidine groups is 1. The van der Waals surface area contributed by atoms with E-state index < -0.39 is 0 Å². The molecule has 2 aromatic carbocycles. The number of nitrogens with zero attached hydrogens (tertiary/aromatic N) is 1. The molecule has 146 valence electrons. The van der Waals surface area contributed by atoms with Gasteiger partial charge in [0.25, 0.3) is 0 Å². The van der Waals surface area contributed by atoms with Crippen LogP contribution < -0.4 is 20.5 Å². The first kappa shape index (κ1) is 21.3. The largest absolute Gasteiger partial charge is 0.493 e. The van der Waals surface area contributed by atoms with Gasteiger partial charge in [0.2, 0.25) is 0 Å². The van der Waals surface area contributed by atoms with Gasteiger partial charge in [0.15, 0.2) is 17.5 Å². The number of aliphatic imine (C=N–C) groups is 1. The molecular weight excluding hydrogens is 453 g/mol. The van der Waals surface area contributed by atoms with Gasteiger partial charge in [-0.1, -0.05) is 23.8 Å². The summed E-state index contributed by atoms with van der Waals surface area (Å²) in [5, 5.41) is 3.10. The van der Waals surface area contributed by atoms with E-state index >= 15 is 0 Å². The fourth-order valence-corrected chi connectivity index (χ4v) is 3.09. The van der Waals surface area contributed by atoms with Crippen LogP contribution in [0.2, 0.25) is 0 Å². The van der Waals surface area contributed by atoms with Crippen LogP contribution in [0.4, 0.5) is 5.69 Å². The summed E-state index contributed by atoms with van der Waals surface area (Å²) >= 11 is 0. The monoisotopic (exact) mass is 481 g/mol. The van der Waals surface area contributed by atoms with Crippen LogP contribution in [-0.4, -0.2) is 19.2 Å². The van der Waals surface area contributed by atoms with Gasteiger partial charge in [-0.05, 0) is 62.4 Å². The molecule has 1 aliphatic rings. The summed E-state index contributed by atoms with van der Waals surface area (Å²) in [5.41, 5.74) is 9.14. The average Bonchev–Trinajstić information content (AvgIpc) is 3.16. The van der Waals surface area contributed by atoms with Crippen LogP contribution in [0, 0.1) is 6.92 Å². The van der Waals surface area contributed by atoms with Crippen molar-refractivity contribution in [2.75, 3.05) is 12.4 Å². The molecule has 3 N–H and O–H groups in total. The molecule has 0 aromatic heterocycles. The van der Waals surface area contributed by atoms with Gasteiger partial charge >= 0.3 is 0 Å². The lowest BCUT2D eigenvalue weighted by atomic mass is 10.2. The van der Waals surface area contributed by atoms with E-state index in [1.807, 2.05) is 42.5 Å². The van der Waals surface area contributed by atoms with Crippen LogP contribution in [0.25, 0.3) is 0 Å². The second-order valence-corrected chi connectivity index (χ2v) is 6.70. The Morgan fingerprint density at radius 1 is 1.11 bits per heavy atom. The number of hydrogen-bond acceptors (Lipinski definition) is 3. The molecule has 0 saturated heterocycles. The average molecular weight is 481 g/mol. The first-order valence-electron chi connectivity index (χ1n) is 9.11. The molecule has 0 bridgehead atoms. The molecule has 0 aliphatic heterocycles. The minimum absolute atomic E-state index is 0. The molecule has 0 unspecified atom stereocenters. The number of aryl methyl sites for hydroxylation is 1. The van der Waals surface area contributed by atoms with Crippen molar-refractivity contribution >= 4 is 35.6 Å². The van der Waals surface area contributed by atoms with Gasteiger partial charge in [0.1, 0.15) is 0 Å². The van der Waals surface area contributed by atoms with Crippen LogP contribution in [0.15, 0.2) is 47.5 Å². The Morgan fingerprint density at radius 2 is 1.81 bits per heavy atom. The molecule has 1 aliphatic carbocycles. The number of halogens is 1. The molecule has 5 nitrogen and oxygen atoms in total. The zero-order valence-corrected chi connectivity index (χ0v) is 18.2. The summed E-state index contributed by atoms with van der Waals surface area (Å²) in [7, 11) is 1.66. The third-order valence-corrected chi connectivity index (χ3v) is 4.58. The molecule has 6 heteroatoms. The molecule has 0 atom stereocenters. The van der Waals surface area contributed by atoms with Gasteiger partial charge in [-0.3, -0.25) is 0 Å². The maximum Gasteiger partial charge on any atom is 0.193 e. The third kappa shape index (κ3) is 6.30. The van der Waals surface area contributed by atoms with Crippen molar-refractivity contribution < 1.29 is 9.47 Å². The van der Waals surface area contributed by atoms with E-state index in [1.54, 1.807) is 7.11 Å². The van der Waals surface area contributed by atoms with E-state index in [4.69, 9.17) is 15.2 Å². The molecular formula is C21H28IN3O2. The number of methoxy groups -OCH3 is 1. The van der Waals surface area contributed by atoms with E-state index in [9.17, 15) is 0 Å². The second-order valence-electron chi connectivity index (χ2n) is 6.70. The van der Waals surface area contributed by atoms with Crippen LogP contribution in [0.1, 0.15) is 36.8 Å². The highest BCUT2D eigenvalue weighted by atomic mass is 127. The Bertz CT molecular complexity index is 757. The standard InChI is InChI=1S/C21H27N3O2.HI/c1-15-7-10-17(11-8-15)24-21(22)23-14-16-9-12-19(20(13-16)25-2)26-18-5-3-4-6-18;/h7-13,18H,3-6,14H2,1-2H3,(H3,22,23,24);1H. The first-order chi connectivity index (χ1) is 12.6. The summed E-state index contributed by atoms with van der Waals surface area (Å²) in [4.78, 5) is 4.41.